The summed E-state index contributed by atoms with van der Waals surface area (Å²) in [5.74, 6) is -0.789. The van der Waals surface area contributed by atoms with Gasteiger partial charge < -0.3 is 9.47 Å². The number of carbonyl (C=O) groups is 1. The zero-order valence-corrected chi connectivity index (χ0v) is 15.4. The van der Waals surface area contributed by atoms with Crippen LogP contribution in [-0.4, -0.2) is 25.4 Å². The molecule has 3 rings (SSSR count). The summed E-state index contributed by atoms with van der Waals surface area (Å²) >= 11 is 0. The Bertz CT molecular complexity index is 821. The highest BCUT2D eigenvalue weighted by Gasteiger charge is 2.41. The van der Waals surface area contributed by atoms with Crippen molar-refractivity contribution < 1.29 is 27.4 Å². The van der Waals surface area contributed by atoms with Crippen LogP contribution in [0, 0.1) is 12.8 Å². The summed E-state index contributed by atoms with van der Waals surface area (Å²) in [5.41, 5.74) is 1.82. The number of benzene rings is 2. The third-order valence-corrected chi connectivity index (χ3v) is 5.31. The van der Waals surface area contributed by atoms with Gasteiger partial charge in [-0.15, -0.1) is 0 Å². The number of halogens is 3. The Morgan fingerprint density at radius 2 is 1.81 bits per heavy atom. The molecule has 27 heavy (non-hydrogen) atoms. The van der Waals surface area contributed by atoms with E-state index in [-0.39, 0.29) is 31.3 Å². The van der Waals surface area contributed by atoms with Crippen LogP contribution in [0.25, 0.3) is 10.8 Å². The van der Waals surface area contributed by atoms with Gasteiger partial charge in [0.15, 0.2) is 0 Å². The predicted octanol–water partition coefficient (Wildman–Crippen LogP) is 5.36. The number of ether oxygens (including phenoxy) is 2. The SMILES string of the molecule is COC(=O)Cc1ccc2c(C)c(OC3CCC(C(F)(F)F)CC3)ccc2c1. The number of rotatable bonds is 4. The Morgan fingerprint density at radius 3 is 2.44 bits per heavy atom. The number of hydrogen-bond acceptors (Lipinski definition) is 3. The minimum Gasteiger partial charge on any atom is -0.490 e. The zero-order valence-electron chi connectivity index (χ0n) is 15.4. The molecule has 1 aliphatic carbocycles. The van der Waals surface area contributed by atoms with Gasteiger partial charge in [0.05, 0.1) is 25.6 Å². The Labute approximate surface area is 156 Å². The molecule has 1 fully saturated rings. The molecule has 0 spiro atoms. The molecule has 0 heterocycles. The molecular formula is C21H23F3O3. The molecule has 2 aromatic carbocycles. The van der Waals surface area contributed by atoms with Gasteiger partial charge in [0.2, 0.25) is 0 Å². The molecule has 0 bridgehead atoms. The molecule has 0 aromatic heterocycles. The lowest BCUT2D eigenvalue weighted by Crippen LogP contribution is -2.31. The van der Waals surface area contributed by atoms with Crippen LogP contribution in [-0.2, 0) is 16.0 Å². The lowest BCUT2D eigenvalue weighted by atomic mass is 9.87. The Balaban J connectivity index is 1.72. The van der Waals surface area contributed by atoms with Gasteiger partial charge in [-0.1, -0.05) is 24.3 Å². The van der Waals surface area contributed by atoms with E-state index in [2.05, 4.69) is 0 Å². The molecule has 2 aromatic rings. The Morgan fingerprint density at radius 1 is 1.11 bits per heavy atom. The molecule has 0 amide bonds. The second-order valence-corrected chi connectivity index (χ2v) is 7.13. The van der Waals surface area contributed by atoms with Gasteiger partial charge in [-0.2, -0.15) is 13.2 Å². The molecule has 1 aliphatic rings. The summed E-state index contributed by atoms with van der Waals surface area (Å²) in [4.78, 5) is 11.4. The number of fused-ring (bicyclic) bond motifs is 1. The highest BCUT2D eigenvalue weighted by molar-refractivity contribution is 5.89. The minimum atomic E-state index is -4.11. The average molecular weight is 380 g/mol. The van der Waals surface area contributed by atoms with Crippen molar-refractivity contribution in [3.63, 3.8) is 0 Å². The summed E-state index contributed by atoms with van der Waals surface area (Å²) < 4.78 is 49.1. The number of esters is 1. The molecule has 0 aliphatic heterocycles. The van der Waals surface area contributed by atoms with Gasteiger partial charge in [-0.05, 0) is 60.6 Å². The van der Waals surface area contributed by atoms with Crippen LogP contribution in [0.5, 0.6) is 5.75 Å². The van der Waals surface area contributed by atoms with Crippen molar-refractivity contribution >= 4 is 16.7 Å². The molecule has 3 nitrogen and oxygen atoms in total. The Hall–Kier alpha value is -2.24. The topological polar surface area (TPSA) is 35.5 Å². The first-order valence-corrected chi connectivity index (χ1v) is 9.10. The van der Waals surface area contributed by atoms with Gasteiger partial charge in [-0.25, -0.2) is 0 Å². The van der Waals surface area contributed by atoms with Crippen LogP contribution in [0.4, 0.5) is 13.2 Å². The second-order valence-electron chi connectivity index (χ2n) is 7.13. The molecular weight excluding hydrogens is 357 g/mol. The third kappa shape index (κ3) is 4.54. The van der Waals surface area contributed by atoms with Crippen LogP contribution in [0.1, 0.15) is 36.8 Å². The van der Waals surface area contributed by atoms with Crippen molar-refractivity contribution in [1.29, 1.82) is 0 Å². The van der Waals surface area contributed by atoms with E-state index in [4.69, 9.17) is 9.47 Å². The molecule has 0 saturated heterocycles. The van der Waals surface area contributed by atoms with Gasteiger partial charge in [-0.3, -0.25) is 4.79 Å². The Kier molecular flexibility index (Phi) is 5.63. The number of methoxy groups -OCH3 is 1. The molecule has 0 atom stereocenters. The van der Waals surface area contributed by atoms with E-state index in [1.807, 2.05) is 37.3 Å². The van der Waals surface area contributed by atoms with Crippen molar-refractivity contribution in [2.45, 2.75) is 51.3 Å². The summed E-state index contributed by atoms with van der Waals surface area (Å²) in [7, 11) is 1.36. The van der Waals surface area contributed by atoms with Crippen LogP contribution >= 0.6 is 0 Å². The number of hydrogen-bond donors (Lipinski definition) is 0. The van der Waals surface area contributed by atoms with Crippen molar-refractivity contribution in [3.05, 3.63) is 41.5 Å². The average Bonchev–Trinajstić information content (AvgIpc) is 2.63. The molecule has 1 saturated carbocycles. The summed E-state index contributed by atoms with van der Waals surface area (Å²) in [5, 5.41) is 1.99. The molecule has 6 heteroatoms. The van der Waals surface area contributed by atoms with Gasteiger partial charge >= 0.3 is 12.1 Å². The van der Waals surface area contributed by atoms with Crippen molar-refractivity contribution in [2.24, 2.45) is 5.92 Å². The van der Waals surface area contributed by atoms with E-state index >= 15 is 0 Å². The first-order valence-electron chi connectivity index (χ1n) is 9.10. The summed E-state index contributed by atoms with van der Waals surface area (Å²) in [6.45, 7) is 1.94. The van der Waals surface area contributed by atoms with E-state index in [1.165, 1.54) is 7.11 Å². The second kappa shape index (κ2) is 7.79. The van der Waals surface area contributed by atoms with E-state index in [9.17, 15) is 18.0 Å². The maximum Gasteiger partial charge on any atom is 0.391 e. The van der Waals surface area contributed by atoms with Crippen molar-refractivity contribution in [3.8, 4) is 5.75 Å². The van der Waals surface area contributed by atoms with Crippen LogP contribution in [0.3, 0.4) is 0 Å². The van der Waals surface area contributed by atoms with E-state index < -0.39 is 12.1 Å². The van der Waals surface area contributed by atoms with E-state index in [0.29, 0.717) is 18.6 Å². The van der Waals surface area contributed by atoms with Crippen LogP contribution < -0.4 is 4.74 Å². The lowest BCUT2D eigenvalue weighted by Gasteiger charge is -2.30. The number of alkyl halides is 3. The van der Waals surface area contributed by atoms with Crippen molar-refractivity contribution in [1.82, 2.24) is 0 Å². The molecule has 146 valence electrons. The largest absolute Gasteiger partial charge is 0.490 e. The highest BCUT2D eigenvalue weighted by Crippen LogP contribution is 2.39. The van der Waals surface area contributed by atoms with Gasteiger partial charge in [0.1, 0.15) is 5.75 Å². The molecule has 0 N–H and O–H groups in total. The normalized spacial score (nSPS) is 20.5. The maximum absolute atomic E-state index is 12.8. The van der Waals surface area contributed by atoms with Crippen LogP contribution in [0.2, 0.25) is 0 Å². The fourth-order valence-electron chi connectivity index (χ4n) is 3.68. The maximum atomic E-state index is 12.8. The van der Waals surface area contributed by atoms with Crippen molar-refractivity contribution in [2.75, 3.05) is 7.11 Å². The lowest BCUT2D eigenvalue weighted by molar-refractivity contribution is -0.185. The van der Waals surface area contributed by atoms with E-state index in [0.717, 1.165) is 21.9 Å². The third-order valence-electron chi connectivity index (χ3n) is 5.31. The van der Waals surface area contributed by atoms with E-state index in [1.54, 1.807) is 0 Å². The monoisotopic (exact) mass is 380 g/mol. The molecule has 0 radical (unpaired) electrons. The van der Waals surface area contributed by atoms with Gasteiger partial charge in [0, 0.05) is 0 Å². The zero-order chi connectivity index (χ0) is 19.6. The minimum absolute atomic E-state index is 0.123. The summed E-state index contributed by atoms with van der Waals surface area (Å²) in [6.07, 6.45) is -2.99. The number of carbonyl (C=O) groups excluding carboxylic acids is 1. The standard InChI is InChI=1S/C21H23F3O3/c1-13-18-9-3-14(12-20(25)26-2)11-15(18)4-10-19(13)27-17-7-5-16(6-8-17)21(22,23)24/h3-4,9-11,16-17H,5-8,12H2,1-2H3. The quantitative estimate of drug-likeness (QED) is 0.670. The smallest absolute Gasteiger partial charge is 0.391 e. The van der Waals surface area contributed by atoms with Crippen LogP contribution in [0.15, 0.2) is 30.3 Å². The molecule has 0 unspecified atom stereocenters. The highest BCUT2D eigenvalue weighted by atomic mass is 19.4. The van der Waals surface area contributed by atoms with Gasteiger partial charge in [0.25, 0.3) is 0 Å². The predicted molar refractivity (Wildman–Crippen MR) is 96.8 cm³/mol. The fourth-order valence-corrected chi connectivity index (χ4v) is 3.68. The summed E-state index contributed by atoms with van der Waals surface area (Å²) in [6, 6.07) is 9.54. The fraction of sp³-hybridized carbons (Fsp3) is 0.476. The first kappa shape index (κ1) is 19.5. The first-order chi connectivity index (χ1) is 12.8. The number of aryl methyl sites for hydroxylation is 1.